The first-order valence-electron chi connectivity index (χ1n) is 6.50. The zero-order valence-electron chi connectivity index (χ0n) is 11.0. The molecule has 0 aromatic carbocycles. The number of hydrogen-bond donors (Lipinski definition) is 3. The maximum absolute atomic E-state index is 12.3. The molecule has 0 aliphatic heterocycles. The Morgan fingerprint density at radius 3 is 2.84 bits per heavy atom. The van der Waals surface area contributed by atoms with E-state index < -0.39 is 10.0 Å². The molecule has 1 unspecified atom stereocenters. The molecule has 0 spiro atoms. The molecule has 0 radical (unpaired) electrons. The zero-order chi connectivity index (χ0) is 13.9. The summed E-state index contributed by atoms with van der Waals surface area (Å²) in [6, 6.07) is 3.18. The minimum Gasteiger partial charge on any atom is -0.321 e. The van der Waals surface area contributed by atoms with Crippen molar-refractivity contribution in [1.29, 1.82) is 0 Å². The highest BCUT2D eigenvalue weighted by Crippen LogP contribution is 2.34. The van der Waals surface area contributed by atoms with Gasteiger partial charge in [-0.25, -0.2) is 18.1 Å². The van der Waals surface area contributed by atoms with Crippen LogP contribution in [0.4, 0.5) is 5.69 Å². The van der Waals surface area contributed by atoms with Gasteiger partial charge in [0.2, 0.25) is 0 Å². The van der Waals surface area contributed by atoms with Gasteiger partial charge in [0.15, 0.2) is 5.03 Å². The molecule has 0 amide bonds. The van der Waals surface area contributed by atoms with E-state index in [0.29, 0.717) is 11.6 Å². The highest BCUT2D eigenvalue weighted by molar-refractivity contribution is 7.89. The summed E-state index contributed by atoms with van der Waals surface area (Å²) in [6.45, 7) is 1.98. The fourth-order valence-corrected chi connectivity index (χ4v) is 3.47. The first-order valence-corrected chi connectivity index (χ1v) is 7.99. The lowest BCUT2D eigenvalue weighted by Gasteiger charge is -2.17. The summed E-state index contributed by atoms with van der Waals surface area (Å²) in [7, 11) is -3.64. The van der Waals surface area contributed by atoms with E-state index in [0.717, 1.165) is 12.8 Å². The number of anilines is 1. The van der Waals surface area contributed by atoms with Crippen LogP contribution in [0.3, 0.4) is 0 Å². The summed E-state index contributed by atoms with van der Waals surface area (Å²) >= 11 is 0. The molecule has 4 N–H and O–H groups in total. The summed E-state index contributed by atoms with van der Waals surface area (Å²) < 4.78 is 27.3. The third-order valence-corrected chi connectivity index (χ3v) is 4.79. The number of hydrazine groups is 1. The maximum Gasteiger partial charge on any atom is 0.260 e. The standard InChI is InChI=1S/C12H20N4O2S/c1-2-10(8-9-5-6-9)16-19(17,18)12-11(15-13)4-3-7-14-12/h3-4,7,9-10,15-16H,2,5-6,8,13H2,1H3. The number of pyridine rings is 1. The zero-order valence-corrected chi connectivity index (χ0v) is 11.8. The summed E-state index contributed by atoms with van der Waals surface area (Å²) in [5.41, 5.74) is 2.67. The first-order chi connectivity index (χ1) is 9.06. The van der Waals surface area contributed by atoms with E-state index in [9.17, 15) is 8.42 Å². The number of rotatable bonds is 7. The Labute approximate surface area is 113 Å². The molecular weight excluding hydrogens is 264 g/mol. The lowest BCUT2D eigenvalue weighted by atomic mass is 10.1. The normalized spacial score (nSPS) is 17.2. The Bertz CT molecular complexity index is 528. The summed E-state index contributed by atoms with van der Waals surface area (Å²) in [5.74, 6) is 5.99. The average Bonchev–Trinajstić information content (AvgIpc) is 3.21. The number of sulfonamides is 1. The van der Waals surface area contributed by atoms with E-state index >= 15 is 0 Å². The third kappa shape index (κ3) is 3.65. The van der Waals surface area contributed by atoms with E-state index in [1.54, 1.807) is 12.1 Å². The summed E-state index contributed by atoms with van der Waals surface area (Å²) in [5, 5.41) is -0.0493. The monoisotopic (exact) mass is 284 g/mol. The van der Waals surface area contributed by atoms with Crippen LogP contribution in [-0.2, 0) is 10.0 Å². The number of hydrogen-bond acceptors (Lipinski definition) is 5. The lowest BCUT2D eigenvalue weighted by molar-refractivity contribution is 0.494. The second-order valence-corrected chi connectivity index (χ2v) is 6.54. The molecule has 1 aliphatic rings. The van der Waals surface area contributed by atoms with E-state index in [4.69, 9.17) is 5.84 Å². The molecule has 1 atom stereocenters. The van der Waals surface area contributed by atoms with Crippen LogP contribution in [0.1, 0.15) is 32.6 Å². The van der Waals surface area contributed by atoms with Gasteiger partial charge in [0.05, 0.1) is 5.69 Å². The van der Waals surface area contributed by atoms with Gasteiger partial charge in [0.1, 0.15) is 0 Å². The Hall–Kier alpha value is -1.18. The third-order valence-electron chi connectivity index (χ3n) is 3.31. The second-order valence-electron chi connectivity index (χ2n) is 4.91. The number of nitrogens with zero attached hydrogens (tertiary/aromatic N) is 1. The minimum atomic E-state index is -3.64. The molecule has 1 heterocycles. The molecular formula is C12H20N4O2S. The van der Waals surface area contributed by atoms with Gasteiger partial charge < -0.3 is 5.43 Å². The van der Waals surface area contributed by atoms with Crippen molar-refractivity contribution >= 4 is 15.7 Å². The predicted molar refractivity (Wildman–Crippen MR) is 73.8 cm³/mol. The molecule has 19 heavy (non-hydrogen) atoms. The molecule has 1 aliphatic carbocycles. The van der Waals surface area contributed by atoms with Crippen LogP contribution < -0.4 is 16.0 Å². The fourth-order valence-electron chi connectivity index (χ4n) is 2.04. The van der Waals surface area contributed by atoms with Gasteiger partial charge in [-0.3, -0.25) is 5.84 Å². The molecule has 7 heteroatoms. The van der Waals surface area contributed by atoms with Crippen molar-refractivity contribution in [2.75, 3.05) is 5.43 Å². The Morgan fingerprint density at radius 1 is 1.53 bits per heavy atom. The Kier molecular flexibility index (Phi) is 4.38. The molecule has 2 rings (SSSR count). The lowest BCUT2D eigenvalue weighted by Crippen LogP contribution is -2.35. The maximum atomic E-state index is 12.3. The van der Waals surface area contributed by atoms with Crippen molar-refractivity contribution in [2.45, 2.75) is 43.7 Å². The second kappa shape index (κ2) is 5.85. The van der Waals surface area contributed by atoms with Crippen LogP contribution in [-0.4, -0.2) is 19.4 Å². The Balaban J connectivity index is 2.15. The average molecular weight is 284 g/mol. The topological polar surface area (TPSA) is 97.1 Å². The van der Waals surface area contributed by atoms with Crippen LogP contribution >= 0.6 is 0 Å². The molecule has 1 fully saturated rings. The van der Waals surface area contributed by atoms with E-state index in [2.05, 4.69) is 15.1 Å². The Morgan fingerprint density at radius 2 is 2.26 bits per heavy atom. The number of aromatic nitrogens is 1. The van der Waals surface area contributed by atoms with Gasteiger partial charge in [-0.1, -0.05) is 19.8 Å². The molecule has 1 saturated carbocycles. The number of nitrogens with two attached hydrogens (primary N) is 1. The highest BCUT2D eigenvalue weighted by Gasteiger charge is 2.29. The number of nitrogen functional groups attached to an aromatic ring is 1. The van der Waals surface area contributed by atoms with E-state index in [1.807, 2.05) is 6.92 Å². The van der Waals surface area contributed by atoms with Crippen molar-refractivity contribution in [3.05, 3.63) is 18.3 Å². The number of nitrogens with one attached hydrogen (secondary N) is 2. The van der Waals surface area contributed by atoms with Crippen LogP contribution in [0.2, 0.25) is 0 Å². The smallest absolute Gasteiger partial charge is 0.260 e. The summed E-state index contributed by atoms with van der Waals surface area (Å²) in [4.78, 5) is 3.91. The summed E-state index contributed by atoms with van der Waals surface area (Å²) in [6.07, 6.45) is 5.52. The van der Waals surface area contributed by atoms with Crippen molar-refractivity contribution in [3.63, 3.8) is 0 Å². The largest absolute Gasteiger partial charge is 0.321 e. The molecule has 6 nitrogen and oxygen atoms in total. The fraction of sp³-hybridized carbons (Fsp3) is 0.583. The van der Waals surface area contributed by atoms with Crippen molar-refractivity contribution in [2.24, 2.45) is 11.8 Å². The van der Waals surface area contributed by atoms with Gasteiger partial charge in [-0.05, 0) is 30.9 Å². The van der Waals surface area contributed by atoms with Gasteiger partial charge in [-0.2, -0.15) is 0 Å². The van der Waals surface area contributed by atoms with Crippen LogP contribution in [0.5, 0.6) is 0 Å². The van der Waals surface area contributed by atoms with Gasteiger partial charge >= 0.3 is 0 Å². The van der Waals surface area contributed by atoms with Gasteiger partial charge in [0, 0.05) is 12.2 Å². The van der Waals surface area contributed by atoms with Crippen molar-refractivity contribution in [3.8, 4) is 0 Å². The van der Waals surface area contributed by atoms with Crippen molar-refractivity contribution in [1.82, 2.24) is 9.71 Å². The SMILES string of the molecule is CCC(CC1CC1)NS(=O)(=O)c1ncccc1NN. The minimum absolute atomic E-state index is 0.0369. The van der Waals surface area contributed by atoms with Gasteiger partial charge in [0.25, 0.3) is 10.0 Å². The molecule has 0 saturated heterocycles. The highest BCUT2D eigenvalue weighted by atomic mass is 32.2. The van der Waals surface area contributed by atoms with Gasteiger partial charge in [-0.15, -0.1) is 0 Å². The van der Waals surface area contributed by atoms with E-state index in [-0.39, 0.29) is 11.1 Å². The van der Waals surface area contributed by atoms with Crippen LogP contribution in [0.15, 0.2) is 23.4 Å². The molecule has 106 valence electrons. The predicted octanol–water partition coefficient (Wildman–Crippen LogP) is 1.22. The first kappa shape index (κ1) is 14.2. The van der Waals surface area contributed by atoms with Crippen LogP contribution in [0, 0.1) is 5.92 Å². The molecule has 1 aromatic rings. The molecule has 0 bridgehead atoms. The quantitative estimate of drug-likeness (QED) is 0.517. The van der Waals surface area contributed by atoms with Crippen LogP contribution in [0.25, 0.3) is 0 Å². The van der Waals surface area contributed by atoms with Crippen molar-refractivity contribution < 1.29 is 8.42 Å². The van der Waals surface area contributed by atoms with E-state index in [1.165, 1.54) is 19.0 Å². The molecule has 1 aromatic heterocycles.